The van der Waals surface area contributed by atoms with Crippen molar-refractivity contribution in [1.29, 1.82) is 0 Å². The van der Waals surface area contributed by atoms with Crippen LogP contribution in [0.15, 0.2) is 18.2 Å². The normalized spacial score (nSPS) is 35.6. The fourth-order valence-corrected chi connectivity index (χ4v) is 5.34. The molecule has 22 heavy (non-hydrogen) atoms. The van der Waals surface area contributed by atoms with Crippen molar-refractivity contribution in [2.24, 2.45) is 23.2 Å². The lowest BCUT2D eigenvalue weighted by Crippen LogP contribution is -2.51. The topological polar surface area (TPSA) is 26.3 Å². The molecule has 4 saturated carbocycles. The van der Waals surface area contributed by atoms with Gasteiger partial charge in [-0.05, 0) is 68.4 Å². The molecular weight excluding hydrogens is 286 g/mol. The van der Waals surface area contributed by atoms with Crippen molar-refractivity contribution in [2.45, 2.75) is 38.5 Å². The van der Waals surface area contributed by atoms with Crippen LogP contribution in [-0.2, 0) is 4.79 Å². The molecule has 4 fully saturated rings. The Balaban J connectivity index is 1.47. The quantitative estimate of drug-likeness (QED) is 0.836. The molecule has 0 radical (unpaired) electrons. The first-order valence-corrected chi connectivity index (χ1v) is 8.15. The minimum Gasteiger partial charge on any atom is -0.483 e. The van der Waals surface area contributed by atoms with E-state index in [0.29, 0.717) is 17.8 Å². The molecular formula is C18H20F2O2. The molecule has 0 unspecified atom stereocenters. The second-order valence-corrected chi connectivity index (χ2v) is 7.48. The van der Waals surface area contributed by atoms with Gasteiger partial charge in [-0.3, -0.25) is 4.79 Å². The summed E-state index contributed by atoms with van der Waals surface area (Å²) in [6, 6.07) is 3.07. The predicted octanol–water partition coefficient (Wildman–Crippen LogP) is 4.13. The lowest BCUT2D eigenvalue weighted by atomic mass is 9.48. The highest BCUT2D eigenvalue weighted by Crippen LogP contribution is 2.60. The highest BCUT2D eigenvalue weighted by atomic mass is 19.1. The lowest BCUT2D eigenvalue weighted by Gasteiger charge is -2.55. The van der Waals surface area contributed by atoms with Gasteiger partial charge in [0, 0.05) is 11.5 Å². The van der Waals surface area contributed by atoms with Crippen LogP contribution in [-0.4, -0.2) is 12.4 Å². The van der Waals surface area contributed by atoms with E-state index in [9.17, 15) is 13.6 Å². The summed E-state index contributed by atoms with van der Waals surface area (Å²) in [7, 11) is 0. The standard InChI is InChI=1S/C18H20F2O2/c19-14-1-2-15(20)16(6-14)22-10-17(21)18-7-11-3-12(8-18)5-13(4-11)9-18/h1-2,6,11-13H,3-5,7-10H2. The summed E-state index contributed by atoms with van der Waals surface area (Å²) < 4.78 is 32.0. The highest BCUT2D eigenvalue weighted by molar-refractivity contribution is 5.86. The number of hydrogen-bond donors (Lipinski definition) is 0. The Kier molecular flexibility index (Phi) is 3.24. The van der Waals surface area contributed by atoms with Crippen LogP contribution in [0.25, 0.3) is 0 Å². The number of Topliss-reactive ketones (excluding diaryl/α,β-unsaturated/α-hetero) is 1. The van der Waals surface area contributed by atoms with E-state index in [1.807, 2.05) is 0 Å². The van der Waals surface area contributed by atoms with Gasteiger partial charge in [-0.25, -0.2) is 8.78 Å². The molecule has 0 saturated heterocycles. The zero-order valence-electron chi connectivity index (χ0n) is 12.5. The highest BCUT2D eigenvalue weighted by Gasteiger charge is 2.54. The van der Waals surface area contributed by atoms with Crippen LogP contribution < -0.4 is 4.74 Å². The maximum absolute atomic E-state index is 13.6. The van der Waals surface area contributed by atoms with E-state index in [2.05, 4.69) is 0 Å². The fourth-order valence-electron chi connectivity index (χ4n) is 5.34. The maximum Gasteiger partial charge on any atom is 0.176 e. The SMILES string of the molecule is O=C(COc1cc(F)ccc1F)C12CC3CC(CC(C3)C1)C2. The molecule has 1 aromatic carbocycles. The third-order valence-electron chi connectivity index (χ3n) is 5.88. The van der Waals surface area contributed by atoms with E-state index >= 15 is 0 Å². The molecule has 0 amide bonds. The second-order valence-electron chi connectivity index (χ2n) is 7.48. The van der Waals surface area contributed by atoms with Crippen molar-refractivity contribution in [2.75, 3.05) is 6.61 Å². The van der Waals surface area contributed by atoms with Gasteiger partial charge >= 0.3 is 0 Å². The van der Waals surface area contributed by atoms with E-state index in [4.69, 9.17) is 4.74 Å². The molecule has 0 atom stereocenters. The Morgan fingerprint density at radius 1 is 1.09 bits per heavy atom. The van der Waals surface area contributed by atoms with E-state index in [1.54, 1.807) is 0 Å². The number of halogens is 2. The Morgan fingerprint density at radius 2 is 1.68 bits per heavy atom. The Bertz CT molecular complexity index is 576. The predicted molar refractivity (Wildman–Crippen MR) is 77.5 cm³/mol. The van der Waals surface area contributed by atoms with Gasteiger partial charge in [-0.15, -0.1) is 0 Å². The maximum atomic E-state index is 13.6. The fraction of sp³-hybridized carbons (Fsp3) is 0.611. The minimum absolute atomic E-state index is 0.0789. The summed E-state index contributed by atoms with van der Waals surface area (Å²) >= 11 is 0. The molecule has 4 aliphatic rings. The minimum atomic E-state index is -0.625. The smallest absolute Gasteiger partial charge is 0.176 e. The van der Waals surface area contributed by atoms with Crippen molar-refractivity contribution in [1.82, 2.24) is 0 Å². The summed E-state index contributed by atoms with van der Waals surface area (Å²) in [5.74, 6) is 0.773. The van der Waals surface area contributed by atoms with Gasteiger partial charge in [-0.1, -0.05) is 0 Å². The van der Waals surface area contributed by atoms with Gasteiger partial charge in [-0.2, -0.15) is 0 Å². The van der Waals surface area contributed by atoms with Crippen LogP contribution in [0.2, 0.25) is 0 Å². The molecule has 0 spiro atoms. The molecule has 4 heteroatoms. The number of hydrogen-bond acceptors (Lipinski definition) is 2. The van der Waals surface area contributed by atoms with Gasteiger partial charge in [0.05, 0.1) is 0 Å². The summed E-state index contributed by atoms with van der Waals surface area (Å²) in [6.45, 7) is -0.146. The average molecular weight is 306 g/mol. The van der Waals surface area contributed by atoms with Crippen molar-refractivity contribution < 1.29 is 18.3 Å². The summed E-state index contributed by atoms with van der Waals surface area (Å²) in [4.78, 5) is 12.7. The largest absolute Gasteiger partial charge is 0.483 e. The summed E-state index contributed by atoms with van der Waals surface area (Å²) in [5.41, 5.74) is -0.251. The number of ether oxygens (including phenoxy) is 1. The van der Waals surface area contributed by atoms with Crippen LogP contribution >= 0.6 is 0 Å². The average Bonchev–Trinajstić information content (AvgIpc) is 2.46. The number of carbonyl (C=O) groups is 1. The van der Waals surface area contributed by atoms with Crippen molar-refractivity contribution in [3.8, 4) is 5.75 Å². The van der Waals surface area contributed by atoms with Crippen molar-refractivity contribution in [3.63, 3.8) is 0 Å². The first-order valence-electron chi connectivity index (χ1n) is 8.15. The van der Waals surface area contributed by atoms with E-state index < -0.39 is 11.6 Å². The van der Waals surface area contributed by atoms with Crippen LogP contribution in [0.5, 0.6) is 5.75 Å². The Labute approximate surface area is 128 Å². The van der Waals surface area contributed by atoms with E-state index in [1.165, 1.54) is 19.3 Å². The molecule has 0 aliphatic heterocycles. The van der Waals surface area contributed by atoms with E-state index in [0.717, 1.165) is 37.5 Å². The van der Waals surface area contributed by atoms with E-state index in [-0.39, 0.29) is 23.6 Å². The van der Waals surface area contributed by atoms with Gasteiger partial charge in [0.2, 0.25) is 0 Å². The molecule has 0 N–H and O–H groups in total. The molecule has 0 aromatic heterocycles. The van der Waals surface area contributed by atoms with Gasteiger partial charge in [0.15, 0.2) is 17.3 Å². The lowest BCUT2D eigenvalue weighted by molar-refractivity contribution is -0.146. The molecule has 118 valence electrons. The van der Waals surface area contributed by atoms with Crippen molar-refractivity contribution >= 4 is 5.78 Å². The van der Waals surface area contributed by atoms with Crippen LogP contribution in [0.3, 0.4) is 0 Å². The first kappa shape index (κ1) is 14.2. The van der Waals surface area contributed by atoms with Gasteiger partial charge < -0.3 is 4.74 Å². The first-order chi connectivity index (χ1) is 10.5. The van der Waals surface area contributed by atoms with Crippen LogP contribution in [0, 0.1) is 34.8 Å². The number of rotatable bonds is 4. The molecule has 4 aliphatic carbocycles. The number of carbonyl (C=O) groups excluding carboxylic acids is 1. The molecule has 0 heterocycles. The second kappa shape index (κ2) is 5.04. The van der Waals surface area contributed by atoms with Crippen LogP contribution in [0.4, 0.5) is 8.78 Å². The van der Waals surface area contributed by atoms with Crippen LogP contribution in [0.1, 0.15) is 38.5 Å². The Morgan fingerprint density at radius 3 is 2.27 bits per heavy atom. The molecule has 1 aromatic rings. The molecule has 2 nitrogen and oxygen atoms in total. The third-order valence-corrected chi connectivity index (χ3v) is 5.88. The van der Waals surface area contributed by atoms with Gasteiger partial charge in [0.1, 0.15) is 12.4 Å². The Hall–Kier alpha value is -1.45. The van der Waals surface area contributed by atoms with Crippen molar-refractivity contribution in [3.05, 3.63) is 29.8 Å². The zero-order chi connectivity index (χ0) is 15.3. The summed E-state index contributed by atoms with van der Waals surface area (Å²) in [5, 5.41) is 0. The molecule has 5 rings (SSSR count). The van der Waals surface area contributed by atoms with Gasteiger partial charge in [0.25, 0.3) is 0 Å². The monoisotopic (exact) mass is 306 g/mol. The number of ketones is 1. The molecule has 4 bridgehead atoms. The zero-order valence-corrected chi connectivity index (χ0v) is 12.5. The number of benzene rings is 1. The third kappa shape index (κ3) is 2.33. The summed E-state index contributed by atoms with van der Waals surface area (Å²) in [6.07, 6.45) is 6.70.